The SMILES string of the molecule is Cc1cc(C(=O)Nc2c(C)cccc2C)nc(Nc2ccc(Cl)cc2)n1. The minimum absolute atomic E-state index is 0.271. The molecule has 0 saturated heterocycles. The zero-order chi connectivity index (χ0) is 18.7. The van der Waals surface area contributed by atoms with Crippen LogP contribution < -0.4 is 10.6 Å². The number of rotatable bonds is 4. The number of amides is 1. The lowest BCUT2D eigenvalue weighted by Gasteiger charge is -2.12. The number of benzene rings is 2. The first-order chi connectivity index (χ1) is 12.4. The standard InChI is InChI=1S/C20H19ClN4O/c1-12-5-4-6-13(2)18(12)25-19(26)17-11-14(3)22-20(24-17)23-16-9-7-15(21)8-10-16/h4-11H,1-3H3,(H,25,26)(H,22,23,24). The number of hydrogen-bond donors (Lipinski definition) is 2. The number of hydrogen-bond acceptors (Lipinski definition) is 4. The second-order valence-electron chi connectivity index (χ2n) is 6.07. The average Bonchev–Trinajstić information content (AvgIpc) is 2.59. The molecule has 0 unspecified atom stereocenters. The van der Waals surface area contributed by atoms with E-state index < -0.39 is 0 Å². The van der Waals surface area contributed by atoms with Gasteiger partial charge in [-0.3, -0.25) is 4.79 Å². The smallest absolute Gasteiger partial charge is 0.274 e. The summed E-state index contributed by atoms with van der Waals surface area (Å²) in [5.41, 5.74) is 4.61. The van der Waals surface area contributed by atoms with Gasteiger partial charge in [-0.05, 0) is 62.2 Å². The van der Waals surface area contributed by atoms with Gasteiger partial charge in [-0.1, -0.05) is 29.8 Å². The summed E-state index contributed by atoms with van der Waals surface area (Å²) in [6.45, 7) is 5.74. The quantitative estimate of drug-likeness (QED) is 0.678. The molecular weight excluding hydrogens is 348 g/mol. The Morgan fingerprint density at radius 3 is 2.27 bits per heavy atom. The van der Waals surface area contributed by atoms with Gasteiger partial charge in [-0.15, -0.1) is 0 Å². The molecule has 0 aliphatic carbocycles. The van der Waals surface area contributed by atoms with Gasteiger partial charge in [0.1, 0.15) is 5.69 Å². The number of anilines is 3. The van der Waals surface area contributed by atoms with E-state index in [0.717, 1.165) is 22.5 Å². The predicted molar refractivity (Wildman–Crippen MR) is 105 cm³/mol. The number of carbonyl (C=O) groups is 1. The van der Waals surface area contributed by atoms with E-state index >= 15 is 0 Å². The second-order valence-corrected chi connectivity index (χ2v) is 6.51. The Morgan fingerprint density at radius 2 is 1.62 bits per heavy atom. The highest BCUT2D eigenvalue weighted by molar-refractivity contribution is 6.30. The molecule has 0 saturated carbocycles. The molecule has 5 nitrogen and oxygen atoms in total. The Labute approximate surface area is 157 Å². The summed E-state index contributed by atoms with van der Waals surface area (Å²) < 4.78 is 0. The van der Waals surface area contributed by atoms with Crippen molar-refractivity contribution in [3.05, 3.63) is 76.1 Å². The van der Waals surface area contributed by atoms with Crippen LogP contribution in [-0.2, 0) is 0 Å². The lowest BCUT2D eigenvalue weighted by molar-refractivity contribution is 0.102. The van der Waals surface area contributed by atoms with Gasteiger partial charge in [0.15, 0.2) is 0 Å². The van der Waals surface area contributed by atoms with Gasteiger partial charge >= 0.3 is 0 Å². The summed E-state index contributed by atoms with van der Waals surface area (Å²) in [6.07, 6.45) is 0. The molecule has 3 aromatic rings. The van der Waals surface area contributed by atoms with E-state index in [0.29, 0.717) is 22.4 Å². The number of para-hydroxylation sites is 1. The lowest BCUT2D eigenvalue weighted by atomic mass is 10.1. The molecule has 6 heteroatoms. The fourth-order valence-corrected chi connectivity index (χ4v) is 2.72. The van der Waals surface area contributed by atoms with Crippen molar-refractivity contribution in [1.82, 2.24) is 9.97 Å². The number of nitrogens with one attached hydrogen (secondary N) is 2. The van der Waals surface area contributed by atoms with Gasteiger partial charge in [-0.25, -0.2) is 9.97 Å². The van der Waals surface area contributed by atoms with Crippen molar-refractivity contribution >= 4 is 34.8 Å². The van der Waals surface area contributed by atoms with Crippen LogP contribution in [0, 0.1) is 20.8 Å². The first-order valence-corrected chi connectivity index (χ1v) is 8.56. The third-order valence-electron chi connectivity index (χ3n) is 3.91. The number of aryl methyl sites for hydroxylation is 3. The summed E-state index contributed by atoms with van der Waals surface area (Å²) in [5, 5.41) is 6.69. The summed E-state index contributed by atoms with van der Waals surface area (Å²) >= 11 is 5.90. The van der Waals surface area contributed by atoms with Crippen LogP contribution in [0.15, 0.2) is 48.5 Å². The third kappa shape index (κ3) is 4.18. The van der Waals surface area contributed by atoms with Crippen LogP contribution in [0.25, 0.3) is 0 Å². The Morgan fingerprint density at radius 1 is 0.962 bits per heavy atom. The normalized spacial score (nSPS) is 10.5. The highest BCUT2D eigenvalue weighted by Crippen LogP contribution is 2.21. The maximum absolute atomic E-state index is 12.7. The summed E-state index contributed by atoms with van der Waals surface area (Å²) in [6, 6.07) is 14.7. The Kier molecular flexibility index (Phi) is 5.19. The molecule has 1 aromatic heterocycles. The van der Waals surface area contributed by atoms with Gasteiger partial charge in [0, 0.05) is 22.1 Å². The Balaban J connectivity index is 1.84. The van der Waals surface area contributed by atoms with Crippen molar-refractivity contribution in [3.8, 4) is 0 Å². The second kappa shape index (κ2) is 7.54. The minimum atomic E-state index is -0.271. The first kappa shape index (κ1) is 17.9. The summed E-state index contributed by atoms with van der Waals surface area (Å²) in [7, 11) is 0. The highest BCUT2D eigenvalue weighted by atomic mass is 35.5. The zero-order valence-corrected chi connectivity index (χ0v) is 15.6. The molecule has 2 N–H and O–H groups in total. The van der Waals surface area contributed by atoms with Crippen molar-refractivity contribution in [3.63, 3.8) is 0 Å². The maximum atomic E-state index is 12.7. The van der Waals surface area contributed by atoms with Crippen LogP contribution in [-0.4, -0.2) is 15.9 Å². The van der Waals surface area contributed by atoms with E-state index in [1.54, 1.807) is 18.2 Å². The average molecular weight is 367 g/mol. The maximum Gasteiger partial charge on any atom is 0.274 e. The van der Waals surface area contributed by atoms with Crippen molar-refractivity contribution < 1.29 is 4.79 Å². The van der Waals surface area contributed by atoms with E-state index in [9.17, 15) is 4.79 Å². The van der Waals surface area contributed by atoms with Gasteiger partial charge in [0.05, 0.1) is 0 Å². The first-order valence-electron chi connectivity index (χ1n) is 8.18. The van der Waals surface area contributed by atoms with Crippen molar-refractivity contribution in [2.24, 2.45) is 0 Å². The molecule has 0 aliphatic heterocycles. The molecule has 0 bridgehead atoms. The molecule has 1 heterocycles. The van der Waals surface area contributed by atoms with Crippen LogP contribution in [0.1, 0.15) is 27.3 Å². The van der Waals surface area contributed by atoms with Crippen molar-refractivity contribution in [1.29, 1.82) is 0 Å². The third-order valence-corrected chi connectivity index (χ3v) is 4.16. The molecule has 0 fully saturated rings. The van der Waals surface area contributed by atoms with Gasteiger partial charge in [0.2, 0.25) is 5.95 Å². The number of nitrogens with zero attached hydrogens (tertiary/aromatic N) is 2. The van der Waals surface area contributed by atoms with E-state index in [1.807, 2.05) is 51.1 Å². The van der Waals surface area contributed by atoms with Crippen LogP contribution in [0.4, 0.5) is 17.3 Å². The molecule has 0 atom stereocenters. The largest absolute Gasteiger partial charge is 0.324 e. The van der Waals surface area contributed by atoms with E-state index in [-0.39, 0.29) is 5.91 Å². The Hall–Kier alpha value is -2.92. The molecule has 0 aliphatic rings. The lowest BCUT2D eigenvalue weighted by Crippen LogP contribution is -2.17. The van der Waals surface area contributed by atoms with Gasteiger partial charge in [-0.2, -0.15) is 0 Å². The van der Waals surface area contributed by atoms with Crippen molar-refractivity contribution in [2.75, 3.05) is 10.6 Å². The molecule has 26 heavy (non-hydrogen) atoms. The van der Waals surface area contributed by atoms with Crippen molar-refractivity contribution in [2.45, 2.75) is 20.8 Å². The fourth-order valence-electron chi connectivity index (χ4n) is 2.59. The summed E-state index contributed by atoms with van der Waals surface area (Å²) in [5.74, 6) is 0.0889. The fraction of sp³-hybridized carbons (Fsp3) is 0.150. The highest BCUT2D eigenvalue weighted by Gasteiger charge is 2.13. The molecule has 2 aromatic carbocycles. The predicted octanol–water partition coefficient (Wildman–Crippen LogP) is 5.05. The molecule has 0 radical (unpaired) electrons. The van der Waals surface area contributed by atoms with Crippen LogP contribution in [0.5, 0.6) is 0 Å². The van der Waals surface area contributed by atoms with E-state index in [2.05, 4.69) is 20.6 Å². The van der Waals surface area contributed by atoms with E-state index in [4.69, 9.17) is 11.6 Å². The summed E-state index contributed by atoms with van der Waals surface area (Å²) in [4.78, 5) is 21.4. The van der Waals surface area contributed by atoms with Gasteiger partial charge < -0.3 is 10.6 Å². The van der Waals surface area contributed by atoms with Crippen LogP contribution in [0.3, 0.4) is 0 Å². The van der Waals surface area contributed by atoms with Crippen LogP contribution >= 0.6 is 11.6 Å². The molecule has 1 amide bonds. The zero-order valence-electron chi connectivity index (χ0n) is 14.8. The topological polar surface area (TPSA) is 66.9 Å². The number of aromatic nitrogens is 2. The molecule has 0 spiro atoms. The molecule has 132 valence electrons. The molecule has 3 rings (SSSR count). The van der Waals surface area contributed by atoms with E-state index in [1.165, 1.54) is 0 Å². The minimum Gasteiger partial charge on any atom is -0.324 e. The molecular formula is C20H19ClN4O. The number of halogens is 1. The van der Waals surface area contributed by atoms with Gasteiger partial charge in [0.25, 0.3) is 5.91 Å². The monoisotopic (exact) mass is 366 g/mol. The number of carbonyl (C=O) groups excluding carboxylic acids is 1. The Bertz CT molecular complexity index is 934. The van der Waals surface area contributed by atoms with Crippen LogP contribution in [0.2, 0.25) is 5.02 Å².